The summed E-state index contributed by atoms with van der Waals surface area (Å²) in [6, 6.07) is 4.42. The summed E-state index contributed by atoms with van der Waals surface area (Å²) >= 11 is 0. The van der Waals surface area contributed by atoms with Crippen LogP contribution in [0.1, 0.15) is 36.0 Å². The molecule has 0 amide bonds. The van der Waals surface area contributed by atoms with E-state index in [1.165, 1.54) is 12.0 Å². The number of hydrogen-bond acceptors (Lipinski definition) is 5. The van der Waals surface area contributed by atoms with Crippen LogP contribution in [-0.4, -0.2) is 35.9 Å². The molecule has 0 aromatic carbocycles. The molecule has 122 valence electrons. The maximum absolute atomic E-state index is 4.85. The Balaban J connectivity index is 1.59. The van der Waals surface area contributed by atoms with E-state index >= 15 is 0 Å². The molecule has 0 aliphatic carbocycles. The first kappa shape index (κ1) is 15.0. The van der Waals surface area contributed by atoms with Crippen LogP contribution in [0.15, 0.2) is 49.3 Å². The van der Waals surface area contributed by atoms with Gasteiger partial charge >= 0.3 is 0 Å². The van der Waals surface area contributed by atoms with E-state index in [4.69, 9.17) is 4.98 Å². The summed E-state index contributed by atoms with van der Waals surface area (Å²) in [5, 5.41) is 0. The van der Waals surface area contributed by atoms with Gasteiger partial charge in [0.2, 0.25) is 0 Å². The van der Waals surface area contributed by atoms with Gasteiger partial charge < -0.3 is 0 Å². The number of aryl methyl sites for hydroxylation is 1. The molecule has 1 fully saturated rings. The molecule has 1 aliphatic rings. The number of likely N-dealkylation sites (tertiary alicyclic amines) is 1. The molecule has 0 spiro atoms. The average molecular weight is 320 g/mol. The second kappa shape index (κ2) is 6.49. The molecule has 0 saturated carbocycles. The largest absolute Gasteiger partial charge is 0.290 e. The molecule has 1 aliphatic heterocycles. The zero-order chi connectivity index (χ0) is 16.4. The molecule has 1 saturated heterocycles. The first-order valence-electron chi connectivity index (χ1n) is 8.26. The number of hydrogen-bond donors (Lipinski definition) is 0. The van der Waals surface area contributed by atoms with Crippen molar-refractivity contribution in [2.24, 2.45) is 0 Å². The number of imidazole rings is 1. The lowest BCUT2D eigenvalue weighted by Gasteiger charge is -2.24. The number of aromatic nitrogens is 5. The van der Waals surface area contributed by atoms with Crippen molar-refractivity contribution in [3.05, 3.63) is 66.4 Å². The fourth-order valence-corrected chi connectivity index (χ4v) is 3.34. The molecule has 3 aromatic heterocycles. The van der Waals surface area contributed by atoms with Crippen LogP contribution in [0.25, 0.3) is 5.82 Å². The van der Waals surface area contributed by atoms with E-state index in [2.05, 4.69) is 25.9 Å². The second-order valence-electron chi connectivity index (χ2n) is 6.14. The first-order chi connectivity index (χ1) is 11.8. The van der Waals surface area contributed by atoms with Crippen LogP contribution in [0.4, 0.5) is 0 Å². The minimum atomic E-state index is 0.307. The number of rotatable bonds is 4. The Morgan fingerprint density at radius 1 is 1.17 bits per heavy atom. The number of nitrogens with zero attached hydrogens (tertiary/aromatic N) is 6. The minimum Gasteiger partial charge on any atom is -0.290 e. The lowest BCUT2D eigenvalue weighted by molar-refractivity contribution is 0.243. The summed E-state index contributed by atoms with van der Waals surface area (Å²) in [6.45, 7) is 3.95. The van der Waals surface area contributed by atoms with Crippen LogP contribution >= 0.6 is 0 Å². The van der Waals surface area contributed by atoms with E-state index in [0.717, 1.165) is 36.8 Å². The molecule has 3 aromatic rings. The van der Waals surface area contributed by atoms with Gasteiger partial charge in [-0.2, -0.15) is 0 Å². The maximum atomic E-state index is 4.85. The molecule has 6 nitrogen and oxygen atoms in total. The third-order valence-corrected chi connectivity index (χ3v) is 4.53. The van der Waals surface area contributed by atoms with Crippen LogP contribution < -0.4 is 0 Å². The van der Waals surface area contributed by atoms with Crippen molar-refractivity contribution in [2.75, 3.05) is 6.54 Å². The molecule has 0 N–H and O–H groups in total. The van der Waals surface area contributed by atoms with Crippen molar-refractivity contribution >= 4 is 0 Å². The quantitative estimate of drug-likeness (QED) is 0.740. The molecule has 4 heterocycles. The molecular formula is C18H20N6. The van der Waals surface area contributed by atoms with Gasteiger partial charge in [0, 0.05) is 31.3 Å². The Bertz CT molecular complexity index is 813. The number of pyridine rings is 1. The molecule has 0 radical (unpaired) electrons. The fourth-order valence-electron chi connectivity index (χ4n) is 3.34. The smallest absolute Gasteiger partial charge is 0.156 e. The maximum Gasteiger partial charge on any atom is 0.156 e. The van der Waals surface area contributed by atoms with Crippen LogP contribution in [-0.2, 0) is 6.54 Å². The van der Waals surface area contributed by atoms with E-state index in [-0.39, 0.29) is 0 Å². The van der Waals surface area contributed by atoms with E-state index in [1.807, 2.05) is 42.3 Å². The van der Waals surface area contributed by atoms with E-state index in [0.29, 0.717) is 6.04 Å². The predicted molar refractivity (Wildman–Crippen MR) is 90.5 cm³/mol. The Kier molecular flexibility index (Phi) is 4.04. The Morgan fingerprint density at radius 3 is 2.92 bits per heavy atom. The van der Waals surface area contributed by atoms with Crippen molar-refractivity contribution < 1.29 is 0 Å². The van der Waals surface area contributed by atoms with Crippen LogP contribution in [0, 0.1) is 6.92 Å². The van der Waals surface area contributed by atoms with Gasteiger partial charge in [-0.3, -0.25) is 19.4 Å². The molecular weight excluding hydrogens is 300 g/mol. The van der Waals surface area contributed by atoms with Crippen LogP contribution in [0.2, 0.25) is 0 Å². The highest BCUT2D eigenvalue weighted by atomic mass is 15.2. The van der Waals surface area contributed by atoms with Crippen LogP contribution in [0.3, 0.4) is 0 Å². The first-order valence-corrected chi connectivity index (χ1v) is 8.26. The average Bonchev–Trinajstić information content (AvgIpc) is 3.25. The summed E-state index contributed by atoms with van der Waals surface area (Å²) in [7, 11) is 0. The summed E-state index contributed by atoms with van der Waals surface area (Å²) < 4.78 is 1.97. The SMILES string of the molecule is Cc1nccn1-c1cncc([C@@H]2CCCN2Cc2cccnc2)n1. The summed E-state index contributed by atoms with van der Waals surface area (Å²) in [6.07, 6.45) is 13.4. The summed E-state index contributed by atoms with van der Waals surface area (Å²) in [4.78, 5) is 20.2. The van der Waals surface area contributed by atoms with Crippen molar-refractivity contribution in [1.82, 2.24) is 29.4 Å². The van der Waals surface area contributed by atoms with Gasteiger partial charge in [0.25, 0.3) is 0 Å². The van der Waals surface area contributed by atoms with Crippen molar-refractivity contribution in [3.63, 3.8) is 0 Å². The lowest BCUT2D eigenvalue weighted by Crippen LogP contribution is -2.24. The van der Waals surface area contributed by atoms with E-state index < -0.39 is 0 Å². The topological polar surface area (TPSA) is 59.7 Å². The van der Waals surface area contributed by atoms with Crippen molar-refractivity contribution in [2.45, 2.75) is 32.4 Å². The van der Waals surface area contributed by atoms with Gasteiger partial charge in [0.15, 0.2) is 5.82 Å². The van der Waals surface area contributed by atoms with Crippen molar-refractivity contribution in [3.8, 4) is 5.82 Å². The second-order valence-corrected chi connectivity index (χ2v) is 6.14. The lowest BCUT2D eigenvalue weighted by atomic mass is 10.1. The van der Waals surface area contributed by atoms with Gasteiger partial charge in [-0.05, 0) is 37.9 Å². The highest BCUT2D eigenvalue weighted by Gasteiger charge is 2.27. The predicted octanol–water partition coefficient (Wildman–Crippen LogP) is 2.70. The fraction of sp³-hybridized carbons (Fsp3) is 0.333. The standard InChI is InChI=1S/C18H20N6/c1-14-21-7-9-24(14)18-12-20-11-16(22-18)17-5-3-8-23(17)13-15-4-2-6-19-10-15/h2,4,6-7,9-12,17H,3,5,8,13H2,1H3/t17-/m0/s1. The normalized spacial score (nSPS) is 18.1. The molecule has 4 rings (SSSR count). The summed E-state index contributed by atoms with van der Waals surface area (Å²) in [5.41, 5.74) is 2.26. The Hall–Kier alpha value is -2.60. The highest BCUT2D eigenvalue weighted by molar-refractivity contribution is 5.24. The Labute approximate surface area is 141 Å². The van der Waals surface area contributed by atoms with Gasteiger partial charge in [0.1, 0.15) is 5.82 Å². The molecule has 6 heteroatoms. The minimum absolute atomic E-state index is 0.307. The zero-order valence-electron chi connectivity index (χ0n) is 13.7. The zero-order valence-corrected chi connectivity index (χ0v) is 13.7. The molecule has 1 atom stereocenters. The third-order valence-electron chi connectivity index (χ3n) is 4.53. The van der Waals surface area contributed by atoms with Gasteiger partial charge in [0.05, 0.1) is 24.1 Å². The molecule has 0 bridgehead atoms. The molecule has 24 heavy (non-hydrogen) atoms. The highest BCUT2D eigenvalue weighted by Crippen LogP contribution is 2.32. The monoisotopic (exact) mass is 320 g/mol. The van der Waals surface area contributed by atoms with E-state index in [9.17, 15) is 0 Å². The molecule has 0 unspecified atom stereocenters. The third kappa shape index (κ3) is 2.92. The van der Waals surface area contributed by atoms with E-state index in [1.54, 1.807) is 12.4 Å². The summed E-state index contributed by atoms with van der Waals surface area (Å²) in [5.74, 6) is 1.75. The van der Waals surface area contributed by atoms with Gasteiger partial charge in [-0.15, -0.1) is 0 Å². The Morgan fingerprint density at radius 2 is 2.12 bits per heavy atom. The van der Waals surface area contributed by atoms with Gasteiger partial charge in [-0.25, -0.2) is 9.97 Å². The van der Waals surface area contributed by atoms with Crippen molar-refractivity contribution in [1.29, 1.82) is 0 Å². The van der Waals surface area contributed by atoms with Crippen LogP contribution in [0.5, 0.6) is 0 Å². The van der Waals surface area contributed by atoms with Gasteiger partial charge in [-0.1, -0.05) is 6.07 Å².